The number of aryl methyl sites for hydroxylation is 1. The van der Waals surface area contributed by atoms with Gasteiger partial charge in [0.25, 0.3) is 0 Å². The highest BCUT2D eigenvalue weighted by Gasteiger charge is 2.21. The van der Waals surface area contributed by atoms with Gasteiger partial charge in [-0.05, 0) is 37.1 Å². The highest BCUT2D eigenvalue weighted by atomic mass is 127. The van der Waals surface area contributed by atoms with Gasteiger partial charge >= 0.3 is 0 Å². The van der Waals surface area contributed by atoms with Gasteiger partial charge in [0.1, 0.15) is 17.5 Å². The fourth-order valence-corrected chi connectivity index (χ4v) is 3.52. The molecule has 3 aromatic rings. The third kappa shape index (κ3) is 5.20. The van der Waals surface area contributed by atoms with E-state index >= 15 is 0 Å². The average molecular weight is 505 g/mol. The topological polar surface area (TPSA) is 63.0 Å². The second kappa shape index (κ2) is 9.96. The van der Waals surface area contributed by atoms with E-state index in [2.05, 4.69) is 53.3 Å². The molecule has 6 nitrogen and oxygen atoms in total. The third-order valence-electron chi connectivity index (χ3n) is 4.91. The molecule has 4 rings (SSSR count). The van der Waals surface area contributed by atoms with E-state index in [1.807, 2.05) is 24.4 Å². The maximum Gasteiger partial charge on any atom is 0.191 e. The van der Waals surface area contributed by atoms with Gasteiger partial charge in [0, 0.05) is 38.3 Å². The van der Waals surface area contributed by atoms with Crippen molar-refractivity contribution < 1.29 is 4.74 Å². The van der Waals surface area contributed by atoms with Gasteiger partial charge in [0.05, 0.1) is 12.2 Å². The molecule has 0 saturated carbocycles. The number of hydrogen-bond donors (Lipinski definition) is 2. The van der Waals surface area contributed by atoms with Crippen LogP contribution in [0.1, 0.15) is 23.7 Å². The first kappa shape index (κ1) is 21.4. The summed E-state index contributed by atoms with van der Waals surface area (Å²) in [7, 11) is 0. The van der Waals surface area contributed by atoms with Crippen molar-refractivity contribution >= 4 is 35.6 Å². The third-order valence-corrected chi connectivity index (χ3v) is 4.91. The Hall–Kier alpha value is -2.29. The molecule has 154 valence electrons. The van der Waals surface area contributed by atoms with E-state index in [9.17, 15) is 0 Å². The number of fused-ring (bicyclic) bond motifs is 2. The van der Waals surface area contributed by atoms with E-state index < -0.39 is 0 Å². The number of guanidine groups is 1. The van der Waals surface area contributed by atoms with Crippen LogP contribution in [0, 0.1) is 6.92 Å². The molecular formula is C22H28IN5O. The van der Waals surface area contributed by atoms with Crippen molar-refractivity contribution in [2.75, 3.05) is 19.6 Å². The first-order chi connectivity index (χ1) is 13.7. The SMILES string of the molecule is CCNC(=NCC1Cc2ccccc2O1)NCCc1cn2cccc(C)c2n1.I. The minimum absolute atomic E-state index is 0. The van der Waals surface area contributed by atoms with Gasteiger partial charge in [0.15, 0.2) is 5.96 Å². The van der Waals surface area contributed by atoms with E-state index in [0.29, 0.717) is 6.54 Å². The molecule has 1 aromatic carbocycles. The van der Waals surface area contributed by atoms with Crippen LogP contribution < -0.4 is 15.4 Å². The van der Waals surface area contributed by atoms with Crippen molar-refractivity contribution in [2.45, 2.75) is 32.8 Å². The highest BCUT2D eigenvalue weighted by Crippen LogP contribution is 2.28. The number of aromatic nitrogens is 2. The largest absolute Gasteiger partial charge is 0.488 e. The van der Waals surface area contributed by atoms with E-state index in [1.165, 1.54) is 11.1 Å². The zero-order valence-electron chi connectivity index (χ0n) is 16.9. The van der Waals surface area contributed by atoms with Crippen LogP contribution in [0.2, 0.25) is 0 Å². The van der Waals surface area contributed by atoms with E-state index in [-0.39, 0.29) is 30.1 Å². The summed E-state index contributed by atoms with van der Waals surface area (Å²) in [5, 5.41) is 6.71. The molecule has 0 fully saturated rings. The van der Waals surface area contributed by atoms with Crippen LogP contribution in [0.3, 0.4) is 0 Å². The molecule has 0 amide bonds. The Morgan fingerprint density at radius 3 is 2.90 bits per heavy atom. The number of benzene rings is 1. The molecule has 1 unspecified atom stereocenters. The number of pyridine rings is 1. The van der Waals surface area contributed by atoms with Crippen LogP contribution in [-0.2, 0) is 12.8 Å². The summed E-state index contributed by atoms with van der Waals surface area (Å²) >= 11 is 0. The Morgan fingerprint density at radius 2 is 2.10 bits per heavy atom. The molecular weight excluding hydrogens is 477 g/mol. The molecule has 2 N–H and O–H groups in total. The standard InChI is InChI=1S/C22H27N5O.HI/c1-3-23-22(25-14-19-13-17-8-4-5-9-20(17)28-19)24-11-10-18-15-27-12-6-7-16(2)21(27)26-18;/h4-9,12,15,19H,3,10-11,13-14H2,1-2H3,(H2,23,24,25);1H. The molecule has 29 heavy (non-hydrogen) atoms. The molecule has 1 aliphatic rings. The Kier molecular flexibility index (Phi) is 7.35. The van der Waals surface area contributed by atoms with Crippen LogP contribution in [-0.4, -0.2) is 41.1 Å². The van der Waals surface area contributed by atoms with Crippen molar-refractivity contribution in [1.29, 1.82) is 0 Å². The van der Waals surface area contributed by atoms with Crippen molar-refractivity contribution in [2.24, 2.45) is 4.99 Å². The van der Waals surface area contributed by atoms with Crippen LogP contribution in [0.25, 0.3) is 5.65 Å². The van der Waals surface area contributed by atoms with Crippen LogP contribution in [0.4, 0.5) is 0 Å². The lowest BCUT2D eigenvalue weighted by Gasteiger charge is -2.13. The molecule has 1 aliphatic heterocycles. The number of nitrogens with one attached hydrogen (secondary N) is 2. The zero-order valence-corrected chi connectivity index (χ0v) is 19.2. The van der Waals surface area contributed by atoms with Gasteiger partial charge in [0.2, 0.25) is 0 Å². The summed E-state index contributed by atoms with van der Waals surface area (Å²) in [6.07, 6.45) is 6.00. The predicted octanol–water partition coefficient (Wildman–Crippen LogP) is 3.36. The van der Waals surface area contributed by atoms with E-state index in [0.717, 1.165) is 49.0 Å². The van der Waals surface area contributed by atoms with Gasteiger partial charge in [-0.2, -0.15) is 0 Å². The molecule has 0 aliphatic carbocycles. The van der Waals surface area contributed by atoms with E-state index in [1.54, 1.807) is 0 Å². The van der Waals surface area contributed by atoms with Crippen LogP contribution >= 0.6 is 24.0 Å². The maximum absolute atomic E-state index is 5.98. The van der Waals surface area contributed by atoms with Gasteiger partial charge in [-0.25, -0.2) is 9.98 Å². The highest BCUT2D eigenvalue weighted by molar-refractivity contribution is 14.0. The number of imidazole rings is 1. The lowest BCUT2D eigenvalue weighted by atomic mass is 10.1. The number of para-hydroxylation sites is 1. The number of aliphatic imine (C=N–C) groups is 1. The fourth-order valence-electron chi connectivity index (χ4n) is 3.52. The molecule has 0 saturated heterocycles. The number of nitrogens with zero attached hydrogens (tertiary/aromatic N) is 3. The summed E-state index contributed by atoms with van der Waals surface area (Å²) in [4.78, 5) is 9.44. The van der Waals surface area contributed by atoms with Crippen molar-refractivity contribution in [1.82, 2.24) is 20.0 Å². The van der Waals surface area contributed by atoms with Crippen molar-refractivity contribution in [3.63, 3.8) is 0 Å². The number of hydrogen-bond acceptors (Lipinski definition) is 3. The van der Waals surface area contributed by atoms with Gasteiger partial charge in [-0.1, -0.05) is 24.3 Å². The normalized spacial score (nSPS) is 15.5. The Labute approximate surface area is 188 Å². The lowest BCUT2D eigenvalue weighted by molar-refractivity contribution is 0.241. The Morgan fingerprint density at radius 1 is 1.24 bits per heavy atom. The summed E-state index contributed by atoms with van der Waals surface area (Å²) in [5.74, 6) is 1.81. The molecule has 0 radical (unpaired) electrons. The van der Waals surface area contributed by atoms with Gasteiger partial charge < -0.3 is 19.8 Å². The minimum atomic E-state index is 0. The zero-order chi connectivity index (χ0) is 19.3. The monoisotopic (exact) mass is 505 g/mol. The molecule has 3 heterocycles. The summed E-state index contributed by atoms with van der Waals surface area (Å²) in [6, 6.07) is 12.4. The predicted molar refractivity (Wildman–Crippen MR) is 128 cm³/mol. The Bertz CT molecular complexity index is 959. The van der Waals surface area contributed by atoms with Crippen LogP contribution in [0.5, 0.6) is 5.75 Å². The van der Waals surface area contributed by atoms with Gasteiger partial charge in [-0.3, -0.25) is 0 Å². The number of rotatable bonds is 6. The lowest BCUT2D eigenvalue weighted by Crippen LogP contribution is -2.39. The van der Waals surface area contributed by atoms with Crippen molar-refractivity contribution in [3.8, 4) is 5.75 Å². The number of halogens is 1. The van der Waals surface area contributed by atoms with Gasteiger partial charge in [-0.15, -0.1) is 24.0 Å². The summed E-state index contributed by atoms with van der Waals surface area (Å²) in [6.45, 7) is 6.40. The smallest absolute Gasteiger partial charge is 0.191 e. The second-order valence-electron chi connectivity index (χ2n) is 7.10. The van der Waals surface area contributed by atoms with E-state index in [4.69, 9.17) is 14.7 Å². The second-order valence-corrected chi connectivity index (χ2v) is 7.10. The molecule has 0 bridgehead atoms. The first-order valence-corrected chi connectivity index (χ1v) is 9.93. The quantitative estimate of drug-likeness (QED) is 0.307. The average Bonchev–Trinajstić information content (AvgIpc) is 3.30. The van der Waals surface area contributed by atoms with Crippen molar-refractivity contribution in [3.05, 3.63) is 65.6 Å². The summed E-state index contributed by atoms with van der Waals surface area (Å²) in [5.41, 5.74) is 4.56. The maximum atomic E-state index is 5.98. The fraction of sp³-hybridized carbons (Fsp3) is 0.364. The minimum Gasteiger partial charge on any atom is -0.488 e. The Balaban J connectivity index is 0.00000240. The first-order valence-electron chi connectivity index (χ1n) is 9.93. The molecule has 0 spiro atoms. The summed E-state index contributed by atoms with van der Waals surface area (Å²) < 4.78 is 8.06. The molecule has 7 heteroatoms. The molecule has 2 aromatic heterocycles. The molecule has 1 atom stereocenters. The van der Waals surface area contributed by atoms with Crippen LogP contribution in [0.15, 0.2) is 53.8 Å². The number of ether oxygens (including phenoxy) is 1.